The summed E-state index contributed by atoms with van der Waals surface area (Å²) in [6.45, 7) is 0. The van der Waals surface area contributed by atoms with Crippen molar-refractivity contribution in [2.24, 2.45) is 5.73 Å². The van der Waals surface area contributed by atoms with Gasteiger partial charge in [-0.25, -0.2) is 5.01 Å². The summed E-state index contributed by atoms with van der Waals surface area (Å²) in [4.78, 5) is 13.0. The minimum atomic E-state index is -0.417. The van der Waals surface area contributed by atoms with Crippen molar-refractivity contribution in [3.8, 4) is 6.07 Å². The molecule has 1 aliphatic carbocycles. The molecule has 0 saturated heterocycles. The Morgan fingerprint density at radius 3 is 2.63 bits per heavy atom. The van der Waals surface area contributed by atoms with Gasteiger partial charge in [0.2, 0.25) is 0 Å². The number of hydrogen-bond acceptors (Lipinski definition) is 5. The molecule has 0 saturated carbocycles. The van der Waals surface area contributed by atoms with E-state index in [4.69, 9.17) is 5.73 Å². The number of ketones is 1. The Hall–Kier alpha value is -3.10. The van der Waals surface area contributed by atoms with Gasteiger partial charge in [0.1, 0.15) is 5.82 Å². The summed E-state index contributed by atoms with van der Waals surface area (Å²) in [6, 6.07) is 16.4. The van der Waals surface area contributed by atoms with Crippen molar-refractivity contribution < 1.29 is 4.79 Å². The molecule has 4 rings (SSSR count). The lowest BCUT2D eigenvalue weighted by Gasteiger charge is -2.42. The fraction of sp³-hybridized carbons (Fsp3) is 0.273. The average Bonchev–Trinajstić information content (AvgIpc) is 2.66. The van der Waals surface area contributed by atoms with E-state index in [2.05, 4.69) is 6.07 Å². The minimum Gasteiger partial charge on any atom is -0.383 e. The molecular formula is C22H22N4O. The van der Waals surface area contributed by atoms with Gasteiger partial charge in [-0.05, 0) is 29.2 Å². The predicted octanol–water partition coefficient (Wildman–Crippen LogP) is 3.42. The van der Waals surface area contributed by atoms with E-state index in [0.29, 0.717) is 17.8 Å². The molecule has 5 heteroatoms. The van der Waals surface area contributed by atoms with Gasteiger partial charge in [-0.15, -0.1) is 0 Å². The van der Waals surface area contributed by atoms with E-state index in [1.54, 1.807) is 0 Å². The highest BCUT2D eigenvalue weighted by Gasteiger charge is 2.40. The summed E-state index contributed by atoms with van der Waals surface area (Å²) in [7, 11) is 3.76. The van der Waals surface area contributed by atoms with Crippen molar-refractivity contribution in [3.63, 3.8) is 0 Å². The number of hydrogen-bond donors (Lipinski definition) is 1. The lowest BCUT2D eigenvalue weighted by atomic mass is 9.75. The Labute approximate surface area is 158 Å². The Balaban J connectivity index is 2.04. The van der Waals surface area contributed by atoms with Gasteiger partial charge in [0, 0.05) is 31.8 Å². The molecule has 0 aromatic heterocycles. The normalized spacial score (nSPS) is 20.3. The third-order valence-electron chi connectivity index (χ3n) is 5.42. The standard InChI is InChI=1S/C22H22N4O/c1-25(2)26-18-11-6-12-19(27)21(18)20(17(13-23)22(26)24)16-10-5-8-14-7-3-4-9-15(14)16/h3-5,7-10,20H,6,11-12,24H2,1-2H3. The highest BCUT2D eigenvalue weighted by molar-refractivity contribution is 6.01. The number of carbonyl (C=O) groups excluding carboxylic acids is 1. The molecule has 0 spiro atoms. The van der Waals surface area contributed by atoms with Gasteiger partial charge in [-0.3, -0.25) is 9.80 Å². The van der Waals surface area contributed by atoms with Crippen molar-refractivity contribution in [3.05, 3.63) is 70.7 Å². The molecule has 1 unspecified atom stereocenters. The summed E-state index contributed by atoms with van der Waals surface area (Å²) in [5, 5.41) is 15.8. The second-order valence-electron chi connectivity index (χ2n) is 7.21. The molecule has 0 fully saturated rings. The van der Waals surface area contributed by atoms with Crippen LogP contribution in [0.1, 0.15) is 30.7 Å². The van der Waals surface area contributed by atoms with Gasteiger partial charge in [0.25, 0.3) is 0 Å². The van der Waals surface area contributed by atoms with Crippen LogP contribution >= 0.6 is 0 Å². The molecular weight excluding hydrogens is 336 g/mol. The maximum absolute atomic E-state index is 13.0. The van der Waals surface area contributed by atoms with Crippen LogP contribution < -0.4 is 5.73 Å². The summed E-state index contributed by atoms with van der Waals surface area (Å²) in [5.74, 6) is 0.107. The second kappa shape index (κ2) is 6.57. The highest BCUT2D eigenvalue weighted by atomic mass is 16.1. The molecule has 0 radical (unpaired) electrons. The zero-order chi connectivity index (χ0) is 19.1. The molecule has 136 valence electrons. The molecule has 1 heterocycles. The van der Waals surface area contributed by atoms with Crippen molar-refractivity contribution in [2.75, 3.05) is 14.1 Å². The molecule has 0 amide bonds. The number of benzene rings is 2. The first-order valence-electron chi connectivity index (χ1n) is 9.15. The van der Waals surface area contributed by atoms with Gasteiger partial charge >= 0.3 is 0 Å². The van der Waals surface area contributed by atoms with E-state index in [1.165, 1.54) is 0 Å². The van der Waals surface area contributed by atoms with Crippen LogP contribution in [0.2, 0.25) is 0 Å². The molecule has 2 aromatic rings. The number of nitriles is 1. The van der Waals surface area contributed by atoms with E-state index in [-0.39, 0.29) is 5.78 Å². The van der Waals surface area contributed by atoms with Crippen molar-refractivity contribution in [1.29, 1.82) is 5.26 Å². The van der Waals surface area contributed by atoms with Crippen LogP contribution in [0.5, 0.6) is 0 Å². The van der Waals surface area contributed by atoms with E-state index in [9.17, 15) is 10.1 Å². The summed E-state index contributed by atoms with van der Waals surface area (Å²) >= 11 is 0. The number of fused-ring (bicyclic) bond motifs is 1. The van der Waals surface area contributed by atoms with Crippen LogP contribution in [0.3, 0.4) is 0 Å². The van der Waals surface area contributed by atoms with Gasteiger partial charge in [-0.2, -0.15) is 5.26 Å². The zero-order valence-corrected chi connectivity index (χ0v) is 15.6. The minimum absolute atomic E-state index is 0.112. The van der Waals surface area contributed by atoms with Crippen LogP contribution in [-0.2, 0) is 4.79 Å². The lowest BCUT2D eigenvalue weighted by molar-refractivity contribution is -0.116. The summed E-state index contributed by atoms with van der Waals surface area (Å²) in [6.07, 6.45) is 2.10. The molecule has 1 atom stereocenters. The molecule has 0 bridgehead atoms. The first-order chi connectivity index (χ1) is 13.0. The second-order valence-corrected chi connectivity index (χ2v) is 7.21. The van der Waals surface area contributed by atoms with E-state index in [0.717, 1.165) is 40.4 Å². The SMILES string of the molecule is CN(C)N1C(N)=C(C#N)C(c2cccc3ccccc23)C2=C1CCCC2=O. The van der Waals surface area contributed by atoms with E-state index in [1.807, 2.05) is 66.6 Å². The quantitative estimate of drug-likeness (QED) is 0.890. The van der Waals surface area contributed by atoms with Gasteiger partial charge < -0.3 is 5.73 Å². The molecule has 2 aliphatic rings. The maximum atomic E-state index is 13.0. The van der Waals surface area contributed by atoms with Gasteiger partial charge in [-0.1, -0.05) is 42.5 Å². The van der Waals surface area contributed by atoms with Gasteiger partial charge in [0.05, 0.1) is 17.6 Å². The molecule has 2 aromatic carbocycles. The number of Topliss-reactive ketones (excluding diaryl/α,β-unsaturated/α-hetero) is 1. The Morgan fingerprint density at radius 1 is 1.15 bits per heavy atom. The zero-order valence-electron chi connectivity index (χ0n) is 15.6. The predicted molar refractivity (Wildman–Crippen MR) is 105 cm³/mol. The summed E-state index contributed by atoms with van der Waals surface area (Å²) in [5.41, 5.74) is 9.50. The fourth-order valence-electron chi connectivity index (χ4n) is 4.34. The molecule has 27 heavy (non-hydrogen) atoms. The summed E-state index contributed by atoms with van der Waals surface area (Å²) < 4.78 is 0. The Kier molecular flexibility index (Phi) is 4.21. The maximum Gasteiger partial charge on any atom is 0.161 e. The third-order valence-corrected chi connectivity index (χ3v) is 5.42. The number of rotatable bonds is 2. The monoisotopic (exact) mass is 358 g/mol. The average molecular weight is 358 g/mol. The molecule has 1 aliphatic heterocycles. The smallest absolute Gasteiger partial charge is 0.161 e. The molecule has 5 nitrogen and oxygen atoms in total. The largest absolute Gasteiger partial charge is 0.383 e. The van der Waals surface area contributed by atoms with Crippen molar-refractivity contribution in [1.82, 2.24) is 10.0 Å². The number of nitrogens with two attached hydrogens (primary N) is 1. The Bertz CT molecular complexity index is 1040. The highest BCUT2D eigenvalue weighted by Crippen LogP contribution is 2.46. The third kappa shape index (κ3) is 2.61. The number of carbonyl (C=O) groups is 1. The van der Waals surface area contributed by atoms with Crippen molar-refractivity contribution in [2.45, 2.75) is 25.2 Å². The van der Waals surface area contributed by atoms with Gasteiger partial charge in [0.15, 0.2) is 5.78 Å². The Morgan fingerprint density at radius 2 is 1.89 bits per heavy atom. The lowest BCUT2D eigenvalue weighted by Crippen LogP contribution is -2.45. The van der Waals surface area contributed by atoms with Crippen molar-refractivity contribution >= 4 is 16.6 Å². The van der Waals surface area contributed by atoms with Crippen LogP contribution in [0.15, 0.2) is 65.1 Å². The first kappa shape index (κ1) is 17.3. The fourth-order valence-corrected chi connectivity index (χ4v) is 4.34. The number of allylic oxidation sites excluding steroid dienone is 3. The van der Waals surface area contributed by atoms with Crippen LogP contribution in [0, 0.1) is 11.3 Å². The number of hydrazine groups is 1. The molecule has 2 N–H and O–H groups in total. The topological polar surface area (TPSA) is 73.4 Å². The number of nitrogens with zero attached hydrogens (tertiary/aromatic N) is 3. The van der Waals surface area contributed by atoms with Crippen LogP contribution in [0.25, 0.3) is 10.8 Å². The van der Waals surface area contributed by atoms with Crippen LogP contribution in [-0.4, -0.2) is 29.9 Å². The van der Waals surface area contributed by atoms with Crippen LogP contribution in [0.4, 0.5) is 0 Å². The van der Waals surface area contributed by atoms with E-state index >= 15 is 0 Å². The first-order valence-corrected chi connectivity index (χ1v) is 9.15. The van der Waals surface area contributed by atoms with E-state index < -0.39 is 5.92 Å².